The van der Waals surface area contributed by atoms with Crippen LogP contribution in [0.4, 0.5) is 0 Å². The third-order valence-electron chi connectivity index (χ3n) is 5.79. The summed E-state index contributed by atoms with van der Waals surface area (Å²) in [5, 5.41) is 3.14. The topological polar surface area (TPSA) is 73.9 Å². The molecular weight excluding hydrogens is 334 g/mol. The molecule has 0 heterocycles. The van der Waals surface area contributed by atoms with Crippen LogP contribution in [0.25, 0.3) is 0 Å². The van der Waals surface area contributed by atoms with Crippen molar-refractivity contribution < 1.29 is 23.8 Å². The lowest BCUT2D eigenvalue weighted by atomic mass is 9.84. The highest BCUT2D eigenvalue weighted by molar-refractivity contribution is 5.95. The number of hydrogen-bond acceptors (Lipinski definition) is 5. The van der Waals surface area contributed by atoms with E-state index in [1.54, 1.807) is 18.2 Å². The molecule has 2 aliphatic carbocycles. The number of hydrogen-bond donors (Lipinski definition) is 1. The largest absolute Gasteiger partial charge is 0.493 e. The Balaban J connectivity index is 1.62. The van der Waals surface area contributed by atoms with Crippen LogP contribution in [-0.4, -0.2) is 38.7 Å². The van der Waals surface area contributed by atoms with Gasteiger partial charge in [0.1, 0.15) is 0 Å². The number of carbonyl (C=O) groups is 2. The second-order valence-corrected chi connectivity index (χ2v) is 7.33. The molecule has 1 aromatic rings. The zero-order valence-corrected chi connectivity index (χ0v) is 15.6. The molecule has 2 aliphatic rings. The van der Waals surface area contributed by atoms with Gasteiger partial charge >= 0.3 is 5.97 Å². The van der Waals surface area contributed by atoms with E-state index < -0.39 is 5.97 Å². The van der Waals surface area contributed by atoms with Crippen molar-refractivity contribution in [3.8, 4) is 11.5 Å². The van der Waals surface area contributed by atoms with E-state index >= 15 is 0 Å². The van der Waals surface area contributed by atoms with Crippen LogP contribution in [0.2, 0.25) is 0 Å². The number of nitrogens with one attached hydrogen (secondary N) is 1. The second-order valence-electron chi connectivity index (χ2n) is 7.33. The minimum Gasteiger partial charge on any atom is -0.493 e. The van der Waals surface area contributed by atoms with Gasteiger partial charge in [-0.15, -0.1) is 0 Å². The van der Waals surface area contributed by atoms with Gasteiger partial charge in [-0.3, -0.25) is 4.79 Å². The first kappa shape index (κ1) is 18.5. The van der Waals surface area contributed by atoms with Crippen molar-refractivity contribution in [1.82, 2.24) is 5.32 Å². The number of fused-ring (bicyclic) bond motifs is 2. The Hall–Kier alpha value is -2.24. The average Bonchev–Trinajstić information content (AvgIpc) is 3.29. The molecule has 2 bridgehead atoms. The van der Waals surface area contributed by atoms with Crippen LogP contribution in [0.3, 0.4) is 0 Å². The van der Waals surface area contributed by atoms with E-state index in [0.717, 1.165) is 11.8 Å². The maximum Gasteiger partial charge on any atom is 0.343 e. The molecule has 0 unspecified atom stereocenters. The Labute approximate surface area is 154 Å². The van der Waals surface area contributed by atoms with E-state index in [-0.39, 0.29) is 18.6 Å². The van der Waals surface area contributed by atoms with Crippen LogP contribution in [0.5, 0.6) is 11.5 Å². The summed E-state index contributed by atoms with van der Waals surface area (Å²) in [6, 6.07) is 5.12. The lowest BCUT2D eigenvalue weighted by Gasteiger charge is -2.28. The molecule has 2 saturated carbocycles. The Bertz CT molecular complexity index is 674. The molecule has 6 nitrogen and oxygen atoms in total. The fourth-order valence-corrected chi connectivity index (χ4v) is 4.43. The van der Waals surface area contributed by atoms with Gasteiger partial charge in [-0.05, 0) is 62.1 Å². The molecule has 1 N–H and O–H groups in total. The van der Waals surface area contributed by atoms with E-state index in [1.165, 1.54) is 39.9 Å². The van der Waals surface area contributed by atoms with E-state index in [1.807, 2.05) is 0 Å². The van der Waals surface area contributed by atoms with Crippen molar-refractivity contribution >= 4 is 11.9 Å². The number of benzene rings is 1. The second kappa shape index (κ2) is 7.98. The Morgan fingerprint density at radius 1 is 1.19 bits per heavy atom. The zero-order valence-electron chi connectivity index (χ0n) is 15.6. The van der Waals surface area contributed by atoms with Gasteiger partial charge in [0, 0.05) is 11.6 Å². The smallest absolute Gasteiger partial charge is 0.343 e. The monoisotopic (exact) mass is 361 g/mol. The summed E-state index contributed by atoms with van der Waals surface area (Å²) in [7, 11) is 2.80. The molecule has 0 aromatic heterocycles. The summed E-state index contributed by atoms with van der Waals surface area (Å²) in [5.41, 5.74) is 0.516. The summed E-state index contributed by atoms with van der Waals surface area (Å²) in [6.07, 6.45) is 5.21. The highest BCUT2D eigenvalue weighted by Crippen LogP contribution is 2.49. The first-order valence-corrected chi connectivity index (χ1v) is 9.20. The average molecular weight is 361 g/mol. The van der Waals surface area contributed by atoms with Gasteiger partial charge in [0.15, 0.2) is 18.1 Å². The van der Waals surface area contributed by atoms with Crippen LogP contribution >= 0.6 is 0 Å². The predicted octanol–water partition coefficient (Wildman–Crippen LogP) is 2.80. The summed E-state index contributed by atoms with van der Waals surface area (Å²) in [6.45, 7) is 1.90. The van der Waals surface area contributed by atoms with E-state index in [4.69, 9.17) is 9.47 Å². The number of rotatable bonds is 7. The SMILES string of the molecule is COC(=O)COc1ccc(C(=O)N[C@@H](C)[C@@H]2C[C@H]3CC[C@H]2C3)cc1OC. The van der Waals surface area contributed by atoms with Gasteiger partial charge in [-0.25, -0.2) is 4.79 Å². The molecular formula is C20H27NO5. The summed E-state index contributed by atoms with van der Waals surface area (Å²) in [5.74, 6) is 2.42. The molecule has 26 heavy (non-hydrogen) atoms. The van der Waals surface area contributed by atoms with Crippen LogP contribution in [0.1, 0.15) is 43.0 Å². The van der Waals surface area contributed by atoms with Crippen molar-refractivity contribution in [2.45, 2.75) is 38.6 Å². The molecule has 0 radical (unpaired) electrons. The molecule has 1 aromatic carbocycles. The first-order chi connectivity index (χ1) is 12.5. The van der Waals surface area contributed by atoms with Crippen LogP contribution in [-0.2, 0) is 9.53 Å². The van der Waals surface area contributed by atoms with Gasteiger partial charge in [-0.1, -0.05) is 6.42 Å². The fourth-order valence-electron chi connectivity index (χ4n) is 4.43. The van der Waals surface area contributed by atoms with E-state index in [0.29, 0.717) is 23.0 Å². The highest BCUT2D eigenvalue weighted by atomic mass is 16.6. The van der Waals surface area contributed by atoms with Crippen molar-refractivity contribution in [2.24, 2.45) is 17.8 Å². The summed E-state index contributed by atoms with van der Waals surface area (Å²) < 4.78 is 15.2. The van der Waals surface area contributed by atoms with Crippen LogP contribution in [0, 0.1) is 17.8 Å². The van der Waals surface area contributed by atoms with Crippen molar-refractivity contribution in [2.75, 3.05) is 20.8 Å². The lowest BCUT2D eigenvalue weighted by Crippen LogP contribution is -2.40. The molecule has 6 heteroatoms. The van der Waals surface area contributed by atoms with Crippen molar-refractivity contribution in [3.63, 3.8) is 0 Å². The Morgan fingerprint density at radius 3 is 2.62 bits per heavy atom. The first-order valence-electron chi connectivity index (χ1n) is 9.20. The number of methoxy groups -OCH3 is 2. The molecule has 142 valence electrons. The van der Waals surface area contributed by atoms with E-state index in [2.05, 4.69) is 17.0 Å². The molecule has 4 atom stereocenters. The third-order valence-corrected chi connectivity index (χ3v) is 5.79. The number of amides is 1. The zero-order chi connectivity index (χ0) is 18.7. The maximum absolute atomic E-state index is 12.6. The normalized spacial score (nSPS) is 24.8. The standard InChI is InChI=1S/C20H27NO5/c1-12(16-9-13-4-5-14(16)8-13)21-20(23)15-6-7-17(18(10-15)24-2)26-11-19(22)25-3/h6-7,10,12-14,16H,4-5,8-9,11H2,1-3H3,(H,21,23)/t12-,13-,14-,16-/m0/s1. The van der Waals surface area contributed by atoms with Gasteiger partial charge in [0.05, 0.1) is 14.2 Å². The molecule has 0 aliphatic heterocycles. The van der Waals surface area contributed by atoms with Gasteiger partial charge in [0.2, 0.25) is 0 Å². The highest BCUT2D eigenvalue weighted by Gasteiger charge is 2.42. The third kappa shape index (κ3) is 3.94. The molecule has 2 fully saturated rings. The Morgan fingerprint density at radius 2 is 2.00 bits per heavy atom. The van der Waals surface area contributed by atoms with Gasteiger partial charge in [0.25, 0.3) is 5.91 Å². The number of carbonyl (C=O) groups excluding carboxylic acids is 2. The van der Waals surface area contributed by atoms with Gasteiger partial charge < -0.3 is 19.5 Å². The minimum atomic E-state index is -0.478. The Kier molecular flexibility index (Phi) is 5.69. The van der Waals surface area contributed by atoms with E-state index in [9.17, 15) is 9.59 Å². The summed E-state index contributed by atoms with van der Waals surface area (Å²) >= 11 is 0. The number of ether oxygens (including phenoxy) is 3. The summed E-state index contributed by atoms with van der Waals surface area (Å²) in [4.78, 5) is 23.8. The fraction of sp³-hybridized carbons (Fsp3) is 0.600. The van der Waals surface area contributed by atoms with Crippen LogP contribution < -0.4 is 14.8 Å². The quantitative estimate of drug-likeness (QED) is 0.756. The maximum atomic E-state index is 12.6. The molecule has 3 rings (SSSR count). The van der Waals surface area contributed by atoms with Crippen LogP contribution in [0.15, 0.2) is 18.2 Å². The molecule has 1 amide bonds. The number of esters is 1. The molecule has 0 saturated heterocycles. The minimum absolute atomic E-state index is 0.113. The predicted molar refractivity (Wildman–Crippen MR) is 96.4 cm³/mol. The van der Waals surface area contributed by atoms with Crippen molar-refractivity contribution in [1.29, 1.82) is 0 Å². The lowest BCUT2D eigenvalue weighted by molar-refractivity contribution is -0.142. The van der Waals surface area contributed by atoms with Crippen molar-refractivity contribution in [3.05, 3.63) is 23.8 Å². The van der Waals surface area contributed by atoms with Gasteiger partial charge in [-0.2, -0.15) is 0 Å². The molecule has 0 spiro atoms.